The maximum Gasteiger partial charge on any atom is 0.321 e. The minimum absolute atomic E-state index is 0.0584. The second-order valence-corrected chi connectivity index (χ2v) is 9.10. The number of hydrogen-bond acceptors (Lipinski definition) is 4. The third kappa shape index (κ3) is 5.51. The number of halogens is 1. The summed E-state index contributed by atoms with van der Waals surface area (Å²) in [5.41, 5.74) is 1.78. The van der Waals surface area contributed by atoms with Crippen LogP contribution in [0, 0.1) is 12.7 Å². The molecule has 0 atom stereocenters. The Kier molecular flexibility index (Phi) is 7.26. The SMILES string of the molecule is C=CCNS(=O)(=O)c1cc(C(=O)N2CCN(C(=O)Nc3cccc(C)c3)CC2)ccc1F. The summed E-state index contributed by atoms with van der Waals surface area (Å²) in [5.74, 6) is -1.38. The van der Waals surface area contributed by atoms with Crippen LogP contribution in [0.5, 0.6) is 0 Å². The highest BCUT2D eigenvalue weighted by atomic mass is 32.2. The number of anilines is 1. The summed E-state index contributed by atoms with van der Waals surface area (Å²) in [6.45, 7) is 6.46. The molecular weight excluding hydrogens is 435 g/mol. The van der Waals surface area contributed by atoms with Gasteiger partial charge in [-0.15, -0.1) is 6.58 Å². The van der Waals surface area contributed by atoms with E-state index in [0.29, 0.717) is 18.8 Å². The molecule has 0 aromatic heterocycles. The van der Waals surface area contributed by atoms with Gasteiger partial charge in [0.15, 0.2) is 0 Å². The van der Waals surface area contributed by atoms with Crippen LogP contribution < -0.4 is 10.0 Å². The van der Waals surface area contributed by atoms with Gasteiger partial charge >= 0.3 is 6.03 Å². The number of nitrogens with zero attached hydrogens (tertiary/aromatic N) is 2. The number of aryl methyl sites for hydroxylation is 1. The minimum atomic E-state index is -4.12. The van der Waals surface area contributed by atoms with Crippen LogP contribution in [0.4, 0.5) is 14.9 Å². The average molecular weight is 461 g/mol. The summed E-state index contributed by atoms with van der Waals surface area (Å²) in [5, 5.41) is 2.84. The van der Waals surface area contributed by atoms with E-state index >= 15 is 0 Å². The van der Waals surface area contributed by atoms with Crippen LogP contribution in [0.25, 0.3) is 0 Å². The molecule has 1 heterocycles. The van der Waals surface area contributed by atoms with Gasteiger partial charge in [0.2, 0.25) is 10.0 Å². The molecule has 3 rings (SSSR count). The third-order valence-corrected chi connectivity index (χ3v) is 6.45. The summed E-state index contributed by atoms with van der Waals surface area (Å²) in [6.07, 6.45) is 1.33. The Hall–Kier alpha value is -3.24. The number of rotatable bonds is 6. The Morgan fingerprint density at radius 3 is 2.44 bits per heavy atom. The fourth-order valence-corrected chi connectivity index (χ4v) is 4.41. The highest BCUT2D eigenvalue weighted by Crippen LogP contribution is 2.19. The monoisotopic (exact) mass is 460 g/mol. The van der Waals surface area contributed by atoms with E-state index in [1.54, 1.807) is 11.0 Å². The van der Waals surface area contributed by atoms with E-state index in [1.807, 2.05) is 25.1 Å². The molecule has 1 aliphatic rings. The summed E-state index contributed by atoms with van der Waals surface area (Å²) in [6, 6.07) is 10.4. The fraction of sp³-hybridized carbons (Fsp3) is 0.273. The highest BCUT2D eigenvalue weighted by Gasteiger charge is 2.27. The van der Waals surface area contributed by atoms with Crippen molar-refractivity contribution in [1.29, 1.82) is 0 Å². The van der Waals surface area contributed by atoms with Gasteiger partial charge in [0.25, 0.3) is 5.91 Å². The fourth-order valence-electron chi connectivity index (χ4n) is 3.31. The molecule has 10 heteroatoms. The zero-order chi connectivity index (χ0) is 23.3. The van der Waals surface area contributed by atoms with E-state index in [9.17, 15) is 22.4 Å². The Morgan fingerprint density at radius 2 is 1.78 bits per heavy atom. The molecule has 0 spiro atoms. The zero-order valence-electron chi connectivity index (χ0n) is 17.7. The van der Waals surface area contributed by atoms with Crippen molar-refractivity contribution in [2.75, 3.05) is 38.0 Å². The van der Waals surface area contributed by atoms with Crippen molar-refractivity contribution < 1.29 is 22.4 Å². The molecular formula is C22H25FN4O4S. The summed E-state index contributed by atoms with van der Waals surface area (Å²) >= 11 is 0. The molecule has 1 aliphatic heterocycles. The van der Waals surface area contributed by atoms with Gasteiger partial charge in [-0.25, -0.2) is 22.3 Å². The van der Waals surface area contributed by atoms with E-state index in [2.05, 4.69) is 16.6 Å². The van der Waals surface area contributed by atoms with Crippen molar-refractivity contribution >= 4 is 27.6 Å². The van der Waals surface area contributed by atoms with Crippen LogP contribution in [0.1, 0.15) is 15.9 Å². The molecule has 3 amide bonds. The number of carbonyl (C=O) groups is 2. The number of carbonyl (C=O) groups excluding carboxylic acids is 2. The second kappa shape index (κ2) is 9.92. The molecule has 0 radical (unpaired) electrons. The number of sulfonamides is 1. The Labute approximate surface area is 186 Å². The van der Waals surface area contributed by atoms with Crippen LogP contribution in [0.15, 0.2) is 60.0 Å². The molecule has 0 saturated carbocycles. The van der Waals surface area contributed by atoms with E-state index in [4.69, 9.17) is 0 Å². The first-order valence-electron chi connectivity index (χ1n) is 10.0. The van der Waals surface area contributed by atoms with Crippen molar-refractivity contribution in [3.8, 4) is 0 Å². The van der Waals surface area contributed by atoms with Crippen molar-refractivity contribution in [2.24, 2.45) is 0 Å². The van der Waals surface area contributed by atoms with Gasteiger partial charge in [-0.3, -0.25) is 4.79 Å². The van der Waals surface area contributed by atoms with Gasteiger partial charge < -0.3 is 15.1 Å². The standard InChI is InChI=1S/C22H25FN4O4S/c1-3-9-24-32(30,31)20-15-17(7-8-19(20)23)21(28)26-10-12-27(13-11-26)22(29)25-18-6-4-5-16(2)14-18/h3-8,14-15,24H,1,9-13H2,2H3,(H,25,29). The molecule has 170 valence electrons. The number of amides is 3. The first kappa shape index (κ1) is 23.4. The van der Waals surface area contributed by atoms with E-state index < -0.39 is 26.6 Å². The molecule has 0 bridgehead atoms. The molecule has 2 aromatic rings. The predicted molar refractivity (Wildman–Crippen MR) is 119 cm³/mol. The van der Waals surface area contributed by atoms with Gasteiger partial charge in [0.1, 0.15) is 10.7 Å². The summed E-state index contributed by atoms with van der Waals surface area (Å²) in [4.78, 5) is 27.9. The lowest BCUT2D eigenvalue weighted by molar-refractivity contribution is 0.0671. The van der Waals surface area contributed by atoms with Gasteiger partial charge in [0, 0.05) is 44.0 Å². The van der Waals surface area contributed by atoms with E-state index in [-0.39, 0.29) is 31.2 Å². The van der Waals surface area contributed by atoms with Gasteiger partial charge in [-0.05, 0) is 42.8 Å². The molecule has 0 aliphatic carbocycles. The Morgan fingerprint density at radius 1 is 1.09 bits per heavy atom. The smallest absolute Gasteiger partial charge is 0.321 e. The van der Waals surface area contributed by atoms with Crippen LogP contribution in [-0.2, 0) is 10.0 Å². The zero-order valence-corrected chi connectivity index (χ0v) is 18.5. The number of piperazine rings is 1. The van der Waals surface area contributed by atoms with Crippen LogP contribution in [0.3, 0.4) is 0 Å². The van der Waals surface area contributed by atoms with Crippen LogP contribution >= 0.6 is 0 Å². The number of urea groups is 1. The Bertz CT molecular complexity index is 1130. The van der Waals surface area contributed by atoms with E-state index in [1.165, 1.54) is 17.0 Å². The average Bonchev–Trinajstić information content (AvgIpc) is 2.77. The van der Waals surface area contributed by atoms with Crippen molar-refractivity contribution in [3.63, 3.8) is 0 Å². The number of nitrogens with one attached hydrogen (secondary N) is 2. The minimum Gasteiger partial charge on any atom is -0.335 e. The van der Waals surface area contributed by atoms with Gasteiger partial charge in [0.05, 0.1) is 0 Å². The maximum atomic E-state index is 14.1. The normalized spacial score (nSPS) is 14.2. The molecule has 8 nitrogen and oxygen atoms in total. The quantitative estimate of drug-likeness (QED) is 0.648. The van der Waals surface area contributed by atoms with Gasteiger partial charge in [-0.2, -0.15) is 0 Å². The molecule has 2 N–H and O–H groups in total. The van der Waals surface area contributed by atoms with Crippen molar-refractivity contribution in [3.05, 3.63) is 72.1 Å². The van der Waals surface area contributed by atoms with Crippen molar-refractivity contribution in [2.45, 2.75) is 11.8 Å². The lowest BCUT2D eigenvalue weighted by atomic mass is 10.1. The maximum absolute atomic E-state index is 14.1. The third-order valence-electron chi connectivity index (χ3n) is 5.01. The lowest BCUT2D eigenvalue weighted by Gasteiger charge is -2.34. The molecule has 1 fully saturated rings. The largest absolute Gasteiger partial charge is 0.335 e. The van der Waals surface area contributed by atoms with Crippen molar-refractivity contribution in [1.82, 2.24) is 14.5 Å². The molecule has 0 unspecified atom stereocenters. The predicted octanol–water partition coefficient (Wildman–Crippen LogP) is 2.59. The second-order valence-electron chi connectivity index (χ2n) is 7.36. The summed E-state index contributed by atoms with van der Waals surface area (Å²) in [7, 11) is -4.12. The van der Waals surface area contributed by atoms with Crippen LogP contribution in [0.2, 0.25) is 0 Å². The van der Waals surface area contributed by atoms with Crippen LogP contribution in [-0.4, -0.2) is 62.9 Å². The number of hydrogen-bond donors (Lipinski definition) is 2. The topological polar surface area (TPSA) is 98.8 Å². The summed E-state index contributed by atoms with van der Waals surface area (Å²) < 4.78 is 40.9. The first-order valence-corrected chi connectivity index (χ1v) is 11.5. The Balaban J connectivity index is 1.64. The highest BCUT2D eigenvalue weighted by molar-refractivity contribution is 7.89. The van der Waals surface area contributed by atoms with Gasteiger partial charge in [-0.1, -0.05) is 18.2 Å². The molecule has 1 saturated heterocycles. The van der Waals surface area contributed by atoms with E-state index in [0.717, 1.165) is 17.7 Å². The lowest BCUT2D eigenvalue weighted by Crippen LogP contribution is -2.51. The molecule has 32 heavy (non-hydrogen) atoms. The molecule has 2 aromatic carbocycles. The first-order chi connectivity index (χ1) is 15.2. The number of benzene rings is 2.